The van der Waals surface area contributed by atoms with Crippen molar-refractivity contribution < 1.29 is 9.53 Å². The number of carbonyl (C=O) groups excluding carboxylic acids is 1. The average Bonchev–Trinajstić information content (AvgIpc) is 2.59. The molecule has 3 rings (SSSR count). The minimum atomic E-state index is -0.430. The summed E-state index contributed by atoms with van der Waals surface area (Å²) < 4.78 is 5.69. The Hall–Kier alpha value is -3.12. The van der Waals surface area contributed by atoms with Crippen LogP contribution >= 0.6 is 11.6 Å². The lowest BCUT2D eigenvalue weighted by Crippen LogP contribution is -2.16. The molecule has 1 heterocycles. The van der Waals surface area contributed by atoms with Crippen molar-refractivity contribution in [2.24, 2.45) is 0 Å². The van der Waals surface area contributed by atoms with E-state index in [1.165, 1.54) is 12.4 Å². The van der Waals surface area contributed by atoms with Crippen LogP contribution < -0.4 is 15.8 Å². The molecule has 0 saturated carbocycles. The Kier molecular flexibility index (Phi) is 4.58. The molecule has 3 aromatic rings. The number of halogens is 1. The number of amides is 1. The molecule has 7 heteroatoms. The van der Waals surface area contributed by atoms with Gasteiger partial charge in [0.2, 0.25) is 0 Å². The quantitative estimate of drug-likeness (QED) is 0.754. The highest BCUT2D eigenvalue weighted by atomic mass is 35.5. The molecule has 1 aromatic heterocycles. The minimum Gasteiger partial charge on any atom is -0.456 e. The van der Waals surface area contributed by atoms with E-state index in [0.717, 1.165) is 0 Å². The van der Waals surface area contributed by atoms with Gasteiger partial charge in [-0.25, -0.2) is 9.97 Å². The van der Waals surface area contributed by atoms with Gasteiger partial charge in [-0.2, -0.15) is 0 Å². The monoisotopic (exact) mass is 340 g/mol. The number of carbonyl (C=O) groups is 1. The number of rotatable bonds is 4. The van der Waals surface area contributed by atoms with Gasteiger partial charge in [0.15, 0.2) is 11.5 Å². The number of nitrogen functional groups attached to an aromatic ring is 1. The smallest absolute Gasteiger partial charge is 0.278 e. The standard InChI is InChI=1S/C17H13ClN4O2/c18-13-3-1-2-4-14(13)24-12-7-5-11(6-8-12)22-17(23)15-16(19)21-10-9-20-15/h1-10H,(H2,19,21)(H,22,23). The molecule has 2 aromatic carbocycles. The lowest BCUT2D eigenvalue weighted by Gasteiger charge is -2.09. The molecule has 1 amide bonds. The highest BCUT2D eigenvalue weighted by molar-refractivity contribution is 6.32. The molecule has 0 bridgehead atoms. The van der Waals surface area contributed by atoms with Gasteiger partial charge in [-0.3, -0.25) is 4.79 Å². The molecule has 0 aliphatic heterocycles. The van der Waals surface area contributed by atoms with E-state index in [1.807, 2.05) is 12.1 Å². The number of anilines is 2. The number of hydrogen-bond donors (Lipinski definition) is 2. The molecular formula is C17H13ClN4O2. The summed E-state index contributed by atoms with van der Waals surface area (Å²) in [7, 11) is 0. The van der Waals surface area contributed by atoms with Gasteiger partial charge in [0.05, 0.1) is 5.02 Å². The molecule has 0 aliphatic carbocycles. The molecule has 0 atom stereocenters. The summed E-state index contributed by atoms with van der Waals surface area (Å²) in [5.41, 5.74) is 6.29. The van der Waals surface area contributed by atoms with E-state index in [2.05, 4.69) is 15.3 Å². The Labute approximate surface area is 143 Å². The number of aromatic nitrogens is 2. The molecule has 0 saturated heterocycles. The zero-order valence-electron chi connectivity index (χ0n) is 12.4. The Morgan fingerprint density at radius 2 is 1.75 bits per heavy atom. The third-order valence-electron chi connectivity index (χ3n) is 3.12. The van der Waals surface area contributed by atoms with E-state index in [4.69, 9.17) is 22.1 Å². The molecule has 6 nitrogen and oxygen atoms in total. The number of nitrogens with two attached hydrogens (primary N) is 1. The van der Waals surface area contributed by atoms with Crippen molar-refractivity contribution in [3.05, 3.63) is 71.6 Å². The average molecular weight is 341 g/mol. The summed E-state index contributed by atoms with van der Waals surface area (Å²) in [5.74, 6) is 0.803. The van der Waals surface area contributed by atoms with Crippen molar-refractivity contribution in [2.45, 2.75) is 0 Å². The Balaban J connectivity index is 1.70. The Morgan fingerprint density at radius 3 is 2.46 bits per heavy atom. The van der Waals surface area contributed by atoms with E-state index >= 15 is 0 Å². The summed E-state index contributed by atoms with van der Waals surface area (Å²) in [6, 6.07) is 14.0. The van der Waals surface area contributed by atoms with E-state index in [0.29, 0.717) is 22.2 Å². The Bertz CT molecular complexity index is 868. The molecular weight excluding hydrogens is 328 g/mol. The van der Waals surface area contributed by atoms with Gasteiger partial charge in [-0.1, -0.05) is 23.7 Å². The zero-order chi connectivity index (χ0) is 16.9. The van der Waals surface area contributed by atoms with Crippen molar-refractivity contribution in [2.75, 3.05) is 11.1 Å². The first-order valence-corrected chi connectivity index (χ1v) is 7.41. The predicted octanol–water partition coefficient (Wildman–Crippen LogP) is 3.76. The highest BCUT2D eigenvalue weighted by Crippen LogP contribution is 2.29. The molecule has 3 N–H and O–H groups in total. The van der Waals surface area contributed by atoms with Crippen molar-refractivity contribution in [1.82, 2.24) is 9.97 Å². The fourth-order valence-corrected chi connectivity index (χ4v) is 2.15. The van der Waals surface area contributed by atoms with Gasteiger partial charge in [-0.05, 0) is 36.4 Å². The van der Waals surface area contributed by atoms with Crippen LogP contribution in [0.4, 0.5) is 11.5 Å². The first-order valence-electron chi connectivity index (χ1n) is 7.04. The summed E-state index contributed by atoms with van der Waals surface area (Å²) in [6.45, 7) is 0. The summed E-state index contributed by atoms with van der Waals surface area (Å²) in [4.78, 5) is 19.9. The lowest BCUT2D eigenvalue weighted by atomic mass is 10.2. The fourth-order valence-electron chi connectivity index (χ4n) is 1.97. The van der Waals surface area contributed by atoms with Gasteiger partial charge in [0, 0.05) is 18.1 Å². The number of ether oxygens (including phenoxy) is 1. The molecule has 120 valence electrons. The van der Waals surface area contributed by atoms with Crippen LogP contribution in [0.5, 0.6) is 11.5 Å². The second kappa shape index (κ2) is 6.97. The van der Waals surface area contributed by atoms with Crippen molar-refractivity contribution in [3.63, 3.8) is 0 Å². The van der Waals surface area contributed by atoms with Crippen molar-refractivity contribution in [1.29, 1.82) is 0 Å². The van der Waals surface area contributed by atoms with Crippen LogP contribution in [-0.4, -0.2) is 15.9 Å². The van der Waals surface area contributed by atoms with Crippen LogP contribution in [0.3, 0.4) is 0 Å². The normalized spacial score (nSPS) is 10.2. The number of nitrogens with zero attached hydrogens (tertiary/aromatic N) is 2. The zero-order valence-corrected chi connectivity index (χ0v) is 13.2. The van der Waals surface area contributed by atoms with Crippen LogP contribution in [0.2, 0.25) is 5.02 Å². The lowest BCUT2D eigenvalue weighted by molar-refractivity contribution is 0.102. The number of hydrogen-bond acceptors (Lipinski definition) is 5. The maximum atomic E-state index is 12.1. The predicted molar refractivity (Wildman–Crippen MR) is 92.4 cm³/mol. The van der Waals surface area contributed by atoms with Gasteiger partial charge < -0.3 is 15.8 Å². The van der Waals surface area contributed by atoms with Crippen LogP contribution in [-0.2, 0) is 0 Å². The van der Waals surface area contributed by atoms with E-state index < -0.39 is 5.91 Å². The maximum absolute atomic E-state index is 12.1. The minimum absolute atomic E-state index is 0.0775. The van der Waals surface area contributed by atoms with E-state index in [1.54, 1.807) is 36.4 Å². The highest BCUT2D eigenvalue weighted by Gasteiger charge is 2.12. The second-order valence-corrected chi connectivity index (χ2v) is 5.21. The first kappa shape index (κ1) is 15.8. The summed E-state index contributed by atoms with van der Waals surface area (Å²) >= 11 is 6.05. The van der Waals surface area contributed by atoms with Gasteiger partial charge in [-0.15, -0.1) is 0 Å². The Morgan fingerprint density at radius 1 is 1.04 bits per heavy atom. The third-order valence-corrected chi connectivity index (χ3v) is 3.43. The van der Waals surface area contributed by atoms with Crippen molar-refractivity contribution in [3.8, 4) is 11.5 Å². The van der Waals surface area contributed by atoms with Crippen LogP contribution in [0.25, 0.3) is 0 Å². The van der Waals surface area contributed by atoms with Crippen LogP contribution in [0, 0.1) is 0 Å². The van der Waals surface area contributed by atoms with E-state index in [9.17, 15) is 4.79 Å². The van der Waals surface area contributed by atoms with E-state index in [-0.39, 0.29) is 11.5 Å². The number of nitrogens with one attached hydrogen (secondary N) is 1. The number of benzene rings is 2. The van der Waals surface area contributed by atoms with Crippen molar-refractivity contribution >= 4 is 29.0 Å². The SMILES string of the molecule is Nc1nccnc1C(=O)Nc1ccc(Oc2ccccc2Cl)cc1. The van der Waals surface area contributed by atoms with Crippen LogP contribution in [0.15, 0.2) is 60.9 Å². The topological polar surface area (TPSA) is 90.1 Å². The molecule has 0 radical (unpaired) electrons. The van der Waals surface area contributed by atoms with Gasteiger partial charge >= 0.3 is 0 Å². The molecule has 0 spiro atoms. The largest absolute Gasteiger partial charge is 0.456 e. The first-order chi connectivity index (χ1) is 11.6. The summed E-state index contributed by atoms with van der Waals surface area (Å²) in [5, 5.41) is 3.22. The third kappa shape index (κ3) is 3.61. The maximum Gasteiger partial charge on any atom is 0.278 e. The van der Waals surface area contributed by atoms with Crippen LogP contribution in [0.1, 0.15) is 10.5 Å². The van der Waals surface area contributed by atoms with Gasteiger partial charge in [0.25, 0.3) is 5.91 Å². The fraction of sp³-hybridized carbons (Fsp3) is 0. The van der Waals surface area contributed by atoms with Gasteiger partial charge in [0.1, 0.15) is 11.5 Å². The molecule has 0 aliphatic rings. The summed E-state index contributed by atoms with van der Waals surface area (Å²) in [6.07, 6.45) is 2.83. The molecule has 0 fully saturated rings. The molecule has 0 unspecified atom stereocenters. The molecule has 24 heavy (non-hydrogen) atoms. The second-order valence-electron chi connectivity index (χ2n) is 4.80. The number of para-hydroxylation sites is 1.